The van der Waals surface area contributed by atoms with Crippen molar-refractivity contribution in [2.75, 3.05) is 4.90 Å². The van der Waals surface area contributed by atoms with Gasteiger partial charge in [-0.15, -0.1) is 11.3 Å². The molecule has 1 aromatic heterocycles. The Balaban J connectivity index is 1.03. The zero-order valence-corrected chi connectivity index (χ0v) is 31.6. The van der Waals surface area contributed by atoms with Gasteiger partial charge in [0.25, 0.3) is 0 Å². The molecule has 0 radical (unpaired) electrons. The lowest BCUT2D eigenvalue weighted by Crippen LogP contribution is -2.16. The Kier molecular flexibility index (Phi) is 7.14. The van der Waals surface area contributed by atoms with Crippen molar-refractivity contribution in [3.8, 4) is 33.4 Å². The van der Waals surface area contributed by atoms with Crippen LogP contribution >= 0.6 is 11.3 Å². The van der Waals surface area contributed by atoms with Gasteiger partial charge in [-0.3, -0.25) is 0 Å². The third-order valence-electron chi connectivity index (χ3n) is 11.8. The molecule has 0 saturated carbocycles. The van der Waals surface area contributed by atoms with Gasteiger partial charge in [-0.05, 0) is 121 Å². The highest BCUT2D eigenvalue weighted by molar-refractivity contribution is 7.26. The van der Waals surface area contributed by atoms with Crippen LogP contribution in [0, 0.1) is 0 Å². The second-order valence-corrected chi connectivity index (χ2v) is 16.4. The molecule has 9 aromatic carbocycles. The van der Waals surface area contributed by atoms with Crippen LogP contribution in [0.2, 0.25) is 0 Å². The van der Waals surface area contributed by atoms with Crippen LogP contribution in [0.1, 0.15) is 25.0 Å². The molecule has 1 heterocycles. The van der Waals surface area contributed by atoms with Crippen LogP contribution in [-0.4, -0.2) is 0 Å². The first kappa shape index (κ1) is 32.0. The van der Waals surface area contributed by atoms with Gasteiger partial charge in [-0.2, -0.15) is 0 Å². The van der Waals surface area contributed by atoms with Gasteiger partial charge in [0.15, 0.2) is 0 Å². The predicted octanol–water partition coefficient (Wildman–Crippen LogP) is 15.5. The van der Waals surface area contributed by atoms with E-state index in [1.54, 1.807) is 0 Å². The summed E-state index contributed by atoms with van der Waals surface area (Å²) < 4.78 is 2.68. The van der Waals surface area contributed by atoms with Crippen LogP contribution in [0.3, 0.4) is 0 Å². The lowest BCUT2D eigenvalue weighted by Gasteiger charge is -2.28. The van der Waals surface area contributed by atoms with Crippen LogP contribution in [0.4, 0.5) is 17.1 Å². The van der Waals surface area contributed by atoms with Crippen LogP contribution in [0.5, 0.6) is 0 Å². The van der Waals surface area contributed by atoms with Crippen molar-refractivity contribution < 1.29 is 0 Å². The second-order valence-electron chi connectivity index (χ2n) is 15.3. The SMILES string of the molecule is CC1(C)c2ccccc2-c2ccc(N(c3ccc(-c4ccc5c(ccc6sc7ccccc7c65)c4)cc3)c3cccc(-c4cccc5ccccc45)c3)cc21. The van der Waals surface area contributed by atoms with E-state index in [0.29, 0.717) is 0 Å². The molecule has 0 spiro atoms. The third kappa shape index (κ3) is 5.06. The zero-order chi connectivity index (χ0) is 36.7. The second kappa shape index (κ2) is 12.3. The lowest BCUT2D eigenvalue weighted by molar-refractivity contribution is 0.660. The van der Waals surface area contributed by atoms with Gasteiger partial charge in [0.2, 0.25) is 0 Å². The van der Waals surface area contributed by atoms with E-state index in [9.17, 15) is 0 Å². The topological polar surface area (TPSA) is 3.24 Å². The molecule has 0 N–H and O–H groups in total. The molecule has 1 aliphatic carbocycles. The molecule has 0 aliphatic heterocycles. The monoisotopic (exact) mass is 719 g/mol. The number of fused-ring (bicyclic) bond motifs is 9. The summed E-state index contributed by atoms with van der Waals surface area (Å²) >= 11 is 1.88. The molecule has 0 unspecified atom stereocenters. The molecule has 0 bridgehead atoms. The maximum absolute atomic E-state index is 2.43. The largest absolute Gasteiger partial charge is 0.310 e. The maximum atomic E-state index is 2.43. The highest BCUT2D eigenvalue weighted by Gasteiger charge is 2.35. The number of rotatable bonds is 5. The summed E-state index contributed by atoms with van der Waals surface area (Å²) in [6, 6.07) is 69.7. The first-order valence-electron chi connectivity index (χ1n) is 19.1. The van der Waals surface area contributed by atoms with Crippen LogP contribution < -0.4 is 4.90 Å². The van der Waals surface area contributed by atoms with Crippen molar-refractivity contribution in [1.82, 2.24) is 0 Å². The van der Waals surface area contributed by atoms with Crippen molar-refractivity contribution >= 4 is 70.1 Å². The van der Waals surface area contributed by atoms with Crippen molar-refractivity contribution in [2.45, 2.75) is 19.3 Å². The van der Waals surface area contributed by atoms with Crippen molar-refractivity contribution in [3.05, 3.63) is 199 Å². The van der Waals surface area contributed by atoms with E-state index in [1.165, 1.54) is 86.2 Å². The van der Waals surface area contributed by atoms with Gasteiger partial charge in [-0.25, -0.2) is 0 Å². The Bertz CT molecular complexity index is 3120. The van der Waals surface area contributed by atoms with Crippen molar-refractivity contribution in [2.24, 2.45) is 0 Å². The van der Waals surface area contributed by atoms with Gasteiger partial charge in [0, 0.05) is 42.6 Å². The van der Waals surface area contributed by atoms with Gasteiger partial charge in [0.05, 0.1) is 0 Å². The quantitative estimate of drug-likeness (QED) is 0.171. The summed E-state index contributed by atoms with van der Waals surface area (Å²) in [6.45, 7) is 4.72. The fourth-order valence-corrected chi connectivity index (χ4v) is 10.2. The van der Waals surface area contributed by atoms with Crippen LogP contribution in [0.15, 0.2) is 188 Å². The Hall–Kier alpha value is -6.48. The summed E-state index contributed by atoms with van der Waals surface area (Å²) in [5.41, 5.74) is 13.6. The van der Waals surface area contributed by atoms with Gasteiger partial charge in [0.1, 0.15) is 0 Å². The first-order valence-corrected chi connectivity index (χ1v) is 19.9. The summed E-state index contributed by atoms with van der Waals surface area (Å²) in [5.74, 6) is 0. The van der Waals surface area contributed by atoms with E-state index in [4.69, 9.17) is 0 Å². The molecule has 0 atom stereocenters. The number of hydrogen-bond donors (Lipinski definition) is 0. The fourth-order valence-electron chi connectivity index (χ4n) is 9.10. The summed E-state index contributed by atoms with van der Waals surface area (Å²) in [7, 11) is 0. The smallest absolute Gasteiger partial charge is 0.0467 e. The van der Waals surface area contributed by atoms with Crippen LogP contribution in [0.25, 0.3) is 75.1 Å². The molecule has 11 rings (SSSR count). The van der Waals surface area contributed by atoms with E-state index in [1.807, 2.05) is 11.3 Å². The normalized spacial score (nSPS) is 13.1. The van der Waals surface area contributed by atoms with Crippen LogP contribution in [-0.2, 0) is 5.41 Å². The van der Waals surface area contributed by atoms with E-state index in [2.05, 4.69) is 207 Å². The molecular weight excluding hydrogens is 683 g/mol. The minimum atomic E-state index is -0.0980. The molecule has 0 amide bonds. The maximum Gasteiger partial charge on any atom is 0.0467 e. The van der Waals surface area contributed by atoms with Gasteiger partial charge >= 0.3 is 0 Å². The Labute approximate surface area is 325 Å². The predicted molar refractivity (Wildman–Crippen MR) is 237 cm³/mol. The third-order valence-corrected chi connectivity index (χ3v) is 13.0. The molecule has 2 heteroatoms. The van der Waals surface area contributed by atoms with E-state index in [0.717, 1.165) is 17.1 Å². The summed E-state index contributed by atoms with van der Waals surface area (Å²) in [5, 5.41) is 7.80. The number of nitrogens with zero attached hydrogens (tertiary/aromatic N) is 1. The molecule has 1 aliphatic rings. The Morgan fingerprint density at radius 3 is 1.98 bits per heavy atom. The highest BCUT2D eigenvalue weighted by Crippen LogP contribution is 2.51. The van der Waals surface area contributed by atoms with Crippen molar-refractivity contribution in [3.63, 3.8) is 0 Å². The lowest BCUT2D eigenvalue weighted by atomic mass is 9.82. The number of benzene rings is 9. The van der Waals surface area contributed by atoms with Crippen molar-refractivity contribution in [1.29, 1.82) is 0 Å². The first-order chi connectivity index (χ1) is 27.0. The molecule has 0 fully saturated rings. The Morgan fingerprint density at radius 1 is 0.382 bits per heavy atom. The highest BCUT2D eigenvalue weighted by atomic mass is 32.1. The van der Waals surface area contributed by atoms with Gasteiger partial charge in [-0.1, -0.05) is 147 Å². The number of hydrogen-bond acceptors (Lipinski definition) is 2. The molecule has 260 valence electrons. The minimum Gasteiger partial charge on any atom is -0.310 e. The van der Waals surface area contributed by atoms with E-state index >= 15 is 0 Å². The summed E-state index contributed by atoms with van der Waals surface area (Å²) in [4.78, 5) is 2.43. The number of thiophene rings is 1. The molecular formula is C53H37NS. The molecule has 1 nitrogen and oxygen atoms in total. The fraction of sp³-hybridized carbons (Fsp3) is 0.0566. The molecule has 55 heavy (non-hydrogen) atoms. The zero-order valence-electron chi connectivity index (χ0n) is 30.8. The average Bonchev–Trinajstić information content (AvgIpc) is 3.73. The standard InChI is InChI=1S/C53H37NS/c1-53(2)48-19-7-5-16-45(48)46-29-27-41(33-49(46)53)54(40-14-9-13-37(32-40)43-18-10-12-35-11-3-4-15-42(35)43)39-25-21-34(22-26-39)36-23-28-44-38(31-36)24-30-51-52(44)47-17-6-8-20-50(47)55-51/h3-33H,1-2H3. The average molecular weight is 720 g/mol. The minimum absolute atomic E-state index is 0.0980. The van der Waals surface area contributed by atoms with E-state index in [-0.39, 0.29) is 5.41 Å². The summed E-state index contributed by atoms with van der Waals surface area (Å²) in [6.07, 6.45) is 0. The molecule has 10 aromatic rings. The molecule has 0 saturated heterocycles. The van der Waals surface area contributed by atoms with Gasteiger partial charge < -0.3 is 4.90 Å². The van der Waals surface area contributed by atoms with E-state index < -0.39 is 0 Å². The Morgan fingerprint density at radius 2 is 1.07 bits per heavy atom. The number of anilines is 3.